The molecule has 0 spiro atoms. The standard InChI is InChI=1S/C6H11NO2S/c1-7-3-2-5(4-9-10)6(7)8/h5,10H,2-4H2,1H3. The molecule has 1 aliphatic heterocycles. The lowest BCUT2D eigenvalue weighted by Crippen LogP contribution is -2.24. The molecule has 0 aliphatic carbocycles. The van der Waals surface area contributed by atoms with E-state index in [0.29, 0.717) is 6.61 Å². The Morgan fingerprint density at radius 3 is 3.00 bits per heavy atom. The number of hydrogen-bond acceptors (Lipinski definition) is 3. The highest BCUT2D eigenvalue weighted by Crippen LogP contribution is 2.16. The highest BCUT2D eigenvalue weighted by molar-refractivity contribution is 7.75. The molecule has 58 valence electrons. The summed E-state index contributed by atoms with van der Waals surface area (Å²) in [7, 11) is 1.81. The molecule has 0 N–H and O–H groups in total. The minimum atomic E-state index is 0.0440. The van der Waals surface area contributed by atoms with Crippen LogP contribution < -0.4 is 0 Å². The van der Waals surface area contributed by atoms with Crippen LogP contribution in [0.3, 0.4) is 0 Å². The van der Waals surface area contributed by atoms with E-state index in [-0.39, 0.29) is 11.8 Å². The van der Waals surface area contributed by atoms with Gasteiger partial charge in [0.1, 0.15) is 0 Å². The Balaban J connectivity index is 2.41. The number of carbonyl (C=O) groups is 1. The summed E-state index contributed by atoms with van der Waals surface area (Å²) >= 11 is 3.60. The van der Waals surface area contributed by atoms with Crippen LogP contribution in [0.2, 0.25) is 0 Å². The molecule has 1 fully saturated rings. The molecule has 1 rings (SSSR count). The van der Waals surface area contributed by atoms with Crippen LogP contribution in [0.5, 0.6) is 0 Å². The maximum Gasteiger partial charge on any atom is 0.227 e. The molecule has 1 aliphatic rings. The fourth-order valence-corrected chi connectivity index (χ4v) is 1.32. The summed E-state index contributed by atoms with van der Waals surface area (Å²) in [5, 5.41) is 0. The third-order valence-electron chi connectivity index (χ3n) is 1.81. The van der Waals surface area contributed by atoms with Crippen LogP contribution in [0.15, 0.2) is 0 Å². The first-order valence-corrected chi connectivity index (χ1v) is 3.63. The van der Waals surface area contributed by atoms with Gasteiger partial charge in [0.05, 0.1) is 12.5 Å². The molecule has 0 bridgehead atoms. The van der Waals surface area contributed by atoms with Gasteiger partial charge in [0, 0.05) is 13.6 Å². The summed E-state index contributed by atoms with van der Waals surface area (Å²) in [5.74, 6) is 0.219. The van der Waals surface area contributed by atoms with Gasteiger partial charge in [-0.25, -0.2) is 0 Å². The Kier molecular flexibility index (Phi) is 2.56. The van der Waals surface area contributed by atoms with E-state index in [2.05, 4.69) is 17.1 Å². The Morgan fingerprint density at radius 2 is 2.60 bits per heavy atom. The number of amides is 1. The predicted octanol–water partition coefficient (Wildman–Crippen LogP) is 0.326. The summed E-state index contributed by atoms with van der Waals surface area (Å²) in [6, 6.07) is 0. The quantitative estimate of drug-likeness (QED) is 0.467. The summed E-state index contributed by atoms with van der Waals surface area (Å²) < 4.78 is 4.59. The van der Waals surface area contributed by atoms with E-state index >= 15 is 0 Å². The Labute approximate surface area is 66.0 Å². The van der Waals surface area contributed by atoms with Crippen molar-refractivity contribution in [2.24, 2.45) is 5.92 Å². The van der Waals surface area contributed by atoms with Gasteiger partial charge < -0.3 is 9.08 Å². The molecule has 1 atom stereocenters. The van der Waals surface area contributed by atoms with Crippen molar-refractivity contribution in [3.05, 3.63) is 0 Å². The van der Waals surface area contributed by atoms with E-state index in [1.165, 1.54) is 0 Å². The van der Waals surface area contributed by atoms with Crippen molar-refractivity contribution in [1.82, 2.24) is 4.90 Å². The fraction of sp³-hybridized carbons (Fsp3) is 0.833. The molecule has 10 heavy (non-hydrogen) atoms. The molecule has 1 unspecified atom stereocenters. The van der Waals surface area contributed by atoms with Gasteiger partial charge in [-0.05, 0) is 19.3 Å². The molecule has 1 saturated heterocycles. The number of nitrogens with zero attached hydrogens (tertiary/aromatic N) is 1. The molecule has 0 aromatic heterocycles. The zero-order chi connectivity index (χ0) is 7.56. The van der Waals surface area contributed by atoms with Crippen LogP contribution in [-0.2, 0) is 8.98 Å². The molecule has 0 aromatic carbocycles. The first kappa shape index (κ1) is 7.88. The van der Waals surface area contributed by atoms with Crippen molar-refractivity contribution in [2.75, 3.05) is 20.2 Å². The number of carbonyl (C=O) groups excluding carboxylic acids is 1. The first-order chi connectivity index (χ1) is 4.75. The van der Waals surface area contributed by atoms with Crippen LogP contribution in [-0.4, -0.2) is 31.0 Å². The van der Waals surface area contributed by atoms with Crippen LogP contribution in [0.25, 0.3) is 0 Å². The van der Waals surface area contributed by atoms with Gasteiger partial charge in [-0.2, -0.15) is 0 Å². The number of thiol groups is 1. The van der Waals surface area contributed by atoms with Gasteiger partial charge in [-0.1, -0.05) is 0 Å². The summed E-state index contributed by atoms with van der Waals surface area (Å²) in [4.78, 5) is 12.8. The second kappa shape index (κ2) is 3.25. The molecule has 4 heteroatoms. The topological polar surface area (TPSA) is 29.5 Å². The third kappa shape index (κ3) is 1.44. The third-order valence-corrected chi connectivity index (χ3v) is 1.96. The van der Waals surface area contributed by atoms with Crippen molar-refractivity contribution in [3.8, 4) is 0 Å². The average molecular weight is 161 g/mol. The van der Waals surface area contributed by atoms with Crippen LogP contribution in [0.1, 0.15) is 6.42 Å². The minimum absolute atomic E-state index is 0.0440. The molecule has 0 aromatic rings. The lowest BCUT2D eigenvalue weighted by Gasteiger charge is -2.07. The molecule has 3 nitrogen and oxygen atoms in total. The predicted molar refractivity (Wildman–Crippen MR) is 40.7 cm³/mol. The van der Waals surface area contributed by atoms with E-state index in [1.807, 2.05) is 0 Å². The minimum Gasteiger partial charge on any atom is -0.345 e. The largest absolute Gasteiger partial charge is 0.345 e. The number of hydrogen-bond donors (Lipinski definition) is 1. The van der Waals surface area contributed by atoms with Crippen molar-refractivity contribution < 1.29 is 8.98 Å². The Bertz CT molecular complexity index is 138. The molecule has 0 saturated carbocycles. The number of rotatable bonds is 2. The van der Waals surface area contributed by atoms with Crippen LogP contribution in [0.4, 0.5) is 0 Å². The van der Waals surface area contributed by atoms with Crippen molar-refractivity contribution in [1.29, 1.82) is 0 Å². The molecule has 1 heterocycles. The van der Waals surface area contributed by atoms with E-state index in [1.54, 1.807) is 11.9 Å². The van der Waals surface area contributed by atoms with Crippen LogP contribution >= 0.6 is 12.9 Å². The maximum atomic E-state index is 11.1. The summed E-state index contributed by atoms with van der Waals surface area (Å²) in [6.07, 6.45) is 0.899. The second-order valence-corrected chi connectivity index (χ2v) is 2.80. The molecule has 0 radical (unpaired) electrons. The zero-order valence-corrected chi connectivity index (χ0v) is 6.80. The van der Waals surface area contributed by atoms with Gasteiger partial charge >= 0.3 is 0 Å². The average Bonchev–Trinajstić information content (AvgIpc) is 2.20. The van der Waals surface area contributed by atoms with E-state index in [9.17, 15) is 4.79 Å². The number of likely N-dealkylation sites (tertiary alicyclic amines) is 1. The normalized spacial score (nSPS) is 26.0. The SMILES string of the molecule is CN1CCC(COS)C1=O. The molecular weight excluding hydrogens is 150 g/mol. The highest BCUT2D eigenvalue weighted by atomic mass is 32.1. The zero-order valence-electron chi connectivity index (χ0n) is 5.91. The van der Waals surface area contributed by atoms with Gasteiger partial charge in [-0.3, -0.25) is 4.79 Å². The van der Waals surface area contributed by atoms with Gasteiger partial charge in [-0.15, -0.1) is 0 Å². The Morgan fingerprint density at radius 1 is 1.90 bits per heavy atom. The van der Waals surface area contributed by atoms with Crippen molar-refractivity contribution in [3.63, 3.8) is 0 Å². The molecule has 1 amide bonds. The van der Waals surface area contributed by atoms with Gasteiger partial charge in [0.2, 0.25) is 5.91 Å². The monoisotopic (exact) mass is 161 g/mol. The first-order valence-electron chi connectivity index (χ1n) is 3.27. The summed E-state index contributed by atoms with van der Waals surface area (Å²) in [5.41, 5.74) is 0. The summed E-state index contributed by atoms with van der Waals surface area (Å²) in [6.45, 7) is 1.28. The highest BCUT2D eigenvalue weighted by Gasteiger charge is 2.28. The van der Waals surface area contributed by atoms with Gasteiger partial charge in [0.15, 0.2) is 0 Å². The lowest BCUT2D eigenvalue weighted by atomic mass is 10.1. The van der Waals surface area contributed by atoms with Crippen molar-refractivity contribution >= 4 is 18.8 Å². The van der Waals surface area contributed by atoms with Crippen LogP contribution in [0, 0.1) is 5.92 Å². The second-order valence-electron chi connectivity index (χ2n) is 2.54. The van der Waals surface area contributed by atoms with Gasteiger partial charge in [0.25, 0.3) is 0 Å². The van der Waals surface area contributed by atoms with E-state index < -0.39 is 0 Å². The van der Waals surface area contributed by atoms with E-state index in [0.717, 1.165) is 13.0 Å². The van der Waals surface area contributed by atoms with Crippen molar-refractivity contribution in [2.45, 2.75) is 6.42 Å². The van der Waals surface area contributed by atoms with E-state index in [4.69, 9.17) is 0 Å². The Hall–Kier alpha value is -0.220. The smallest absolute Gasteiger partial charge is 0.227 e. The lowest BCUT2D eigenvalue weighted by molar-refractivity contribution is -0.130. The maximum absolute atomic E-state index is 11.1. The molecular formula is C6H11NO2S. The fourth-order valence-electron chi connectivity index (χ4n) is 1.14.